The molecule has 0 aromatic heterocycles. The number of aliphatic imine (C=N–C) groups is 2. The molecule has 0 fully saturated rings. The molecule has 84 valence electrons. The summed E-state index contributed by atoms with van der Waals surface area (Å²) in [4.78, 5) is 8.67. The van der Waals surface area contributed by atoms with E-state index in [9.17, 15) is 0 Å². The van der Waals surface area contributed by atoms with E-state index in [0.29, 0.717) is 0 Å². The average molecular weight is 222 g/mol. The van der Waals surface area contributed by atoms with E-state index in [1.54, 1.807) is 0 Å². The van der Waals surface area contributed by atoms with Crippen LogP contribution in [0.15, 0.2) is 45.7 Å². The van der Waals surface area contributed by atoms with E-state index in [0.717, 1.165) is 16.9 Å². The molecule has 1 aromatic rings. The Labute approximate surface area is 101 Å². The molecular weight excluding hydrogens is 208 g/mol. The van der Waals surface area contributed by atoms with Crippen LogP contribution >= 0.6 is 0 Å². The number of hydrogen-bond donors (Lipinski definition) is 0. The monoisotopic (exact) mass is 222 g/mol. The van der Waals surface area contributed by atoms with Crippen molar-refractivity contribution in [3.63, 3.8) is 0 Å². The lowest BCUT2D eigenvalue weighted by Gasteiger charge is -2.10. The molecule has 17 heavy (non-hydrogen) atoms. The van der Waals surface area contributed by atoms with Gasteiger partial charge in [0.15, 0.2) is 0 Å². The molecule has 0 spiro atoms. The van der Waals surface area contributed by atoms with Crippen LogP contribution in [0.4, 0.5) is 0 Å². The first-order valence-electron chi connectivity index (χ1n) is 5.77. The Morgan fingerprint density at radius 1 is 0.941 bits per heavy atom. The lowest BCUT2D eigenvalue weighted by Crippen LogP contribution is -2.04. The molecule has 2 heterocycles. The molecular formula is C15H14N2. The summed E-state index contributed by atoms with van der Waals surface area (Å²) in [5.41, 5.74) is 8.49. The molecule has 0 atom stereocenters. The fourth-order valence-corrected chi connectivity index (χ4v) is 2.24. The molecule has 2 aliphatic heterocycles. The van der Waals surface area contributed by atoms with Crippen molar-refractivity contribution < 1.29 is 0 Å². The Morgan fingerprint density at radius 2 is 1.65 bits per heavy atom. The Hall–Kier alpha value is -1.96. The van der Waals surface area contributed by atoms with Crippen LogP contribution in [-0.4, -0.2) is 11.9 Å². The summed E-state index contributed by atoms with van der Waals surface area (Å²) < 4.78 is 0. The second kappa shape index (κ2) is 3.52. The number of fused-ring (bicyclic) bond motifs is 1. The van der Waals surface area contributed by atoms with Crippen LogP contribution in [0, 0.1) is 20.8 Å². The van der Waals surface area contributed by atoms with E-state index < -0.39 is 0 Å². The van der Waals surface area contributed by atoms with Crippen molar-refractivity contribution in [2.45, 2.75) is 20.8 Å². The highest BCUT2D eigenvalue weighted by Gasteiger charge is 2.21. The van der Waals surface area contributed by atoms with Crippen molar-refractivity contribution in [3.05, 3.63) is 57.9 Å². The van der Waals surface area contributed by atoms with Crippen molar-refractivity contribution in [1.29, 1.82) is 0 Å². The zero-order chi connectivity index (χ0) is 12.0. The second-order valence-electron chi connectivity index (χ2n) is 4.62. The average Bonchev–Trinajstić information content (AvgIpc) is 2.86. The summed E-state index contributed by atoms with van der Waals surface area (Å²) in [7, 11) is 0. The zero-order valence-electron chi connectivity index (χ0n) is 10.3. The predicted octanol–water partition coefficient (Wildman–Crippen LogP) is 3.27. The van der Waals surface area contributed by atoms with Crippen LogP contribution in [0.5, 0.6) is 0 Å². The van der Waals surface area contributed by atoms with E-state index >= 15 is 0 Å². The predicted molar refractivity (Wildman–Crippen MR) is 71.8 cm³/mol. The molecule has 2 nitrogen and oxygen atoms in total. The molecule has 3 rings (SSSR count). The van der Waals surface area contributed by atoms with E-state index in [-0.39, 0.29) is 0 Å². The van der Waals surface area contributed by atoms with Gasteiger partial charge in [-0.1, -0.05) is 0 Å². The third kappa shape index (κ3) is 1.48. The van der Waals surface area contributed by atoms with Crippen LogP contribution in [0.2, 0.25) is 0 Å². The number of aryl methyl sites for hydroxylation is 2. The summed E-state index contributed by atoms with van der Waals surface area (Å²) >= 11 is 0. The quantitative estimate of drug-likeness (QED) is 0.696. The van der Waals surface area contributed by atoms with Crippen LogP contribution in [0.1, 0.15) is 22.3 Å². The molecule has 0 saturated heterocycles. The van der Waals surface area contributed by atoms with Crippen LogP contribution in [-0.2, 0) is 0 Å². The smallest absolute Gasteiger partial charge is 0.0797 e. The molecule has 0 saturated carbocycles. The first-order valence-corrected chi connectivity index (χ1v) is 5.77. The van der Waals surface area contributed by atoms with Gasteiger partial charge in [-0.2, -0.15) is 0 Å². The minimum absolute atomic E-state index is 1.05. The number of benzene rings is 1. The summed E-state index contributed by atoms with van der Waals surface area (Å²) in [5, 5.41) is 0. The fourth-order valence-electron chi connectivity index (χ4n) is 2.24. The first-order chi connectivity index (χ1) is 8.16. The van der Waals surface area contributed by atoms with Gasteiger partial charge in [-0.15, -0.1) is 0 Å². The Balaban J connectivity index is 2.08. The maximum atomic E-state index is 4.50. The highest BCUT2D eigenvalue weighted by atomic mass is 14.8. The van der Waals surface area contributed by atoms with Crippen LogP contribution < -0.4 is 0 Å². The van der Waals surface area contributed by atoms with Gasteiger partial charge in [0.25, 0.3) is 0 Å². The van der Waals surface area contributed by atoms with Crippen molar-refractivity contribution in [2.24, 2.45) is 9.98 Å². The third-order valence-corrected chi connectivity index (χ3v) is 3.52. The fraction of sp³-hybridized carbons (Fsp3) is 0.200. The lowest BCUT2D eigenvalue weighted by molar-refractivity contribution is 1.26. The van der Waals surface area contributed by atoms with Gasteiger partial charge < -0.3 is 0 Å². The maximum Gasteiger partial charge on any atom is 0.0797 e. The van der Waals surface area contributed by atoms with Crippen LogP contribution in [0.25, 0.3) is 0 Å². The van der Waals surface area contributed by atoms with Gasteiger partial charge in [-0.25, -0.2) is 0 Å². The van der Waals surface area contributed by atoms with Gasteiger partial charge in [-0.05, 0) is 49.6 Å². The SMILES string of the molecule is Cc1cc(C2=NC=C3C=NC=C32)cc(C)c1C. The van der Waals surface area contributed by atoms with E-state index in [2.05, 4.69) is 42.9 Å². The molecule has 0 radical (unpaired) electrons. The molecule has 2 heteroatoms. The Morgan fingerprint density at radius 3 is 2.35 bits per heavy atom. The summed E-state index contributed by atoms with van der Waals surface area (Å²) in [6.45, 7) is 6.46. The summed E-state index contributed by atoms with van der Waals surface area (Å²) in [5.74, 6) is 0. The number of hydrogen-bond acceptors (Lipinski definition) is 2. The van der Waals surface area contributed by atoms with Crippen molar-refractivity contribution in [1.82, 2.24) is 0 Å². The van der Waals surface area contributed by atoms with E-state index in [1.165, 1.54) is 22.3 Å². The Kier molecular flexibility index (Phi) is 2.11. The van der Waals surface area contributed by atoms with E-state index in [4.69, 9.17) is 0 Å². The first kappa shape index (κ1) is 10.2. The Bertz CT molecular complexity index is 605. The zero-order valence-corrected chi connectivity index (χ0v) is 10.3. The summed E-state index contributed by atoms with van der Waals surface area (Å²) in [6, 6.07) is 4.41. The molecule has 0 N–H and O–H groups in total. The normalized spacial score (nSPS) is 16.8. The van der Waals surface area contributed by atoms with Gasteiger partial charge in [0.1, 0.15) is 0 Å². The second-order valence-corrected chi connectivity index (χ2v) is 4.62. The lowest BCUT2D eigenvalue weighted by atomic mass is 9.94. The van der Waals surface area contributed by atoms with Gasteiger partial charge in [0, 0.05) is 35.3 Å². The molecule has 0 unspecified atom stereocenters. The highest BCUT2D eigenvalue weighted by Crippen LogP contribution is 2.27. The number of allylic oxidation sites excluding steroid dienone is 2. The molecule has 2 aliphatic rings. The number of nitrogens with zero attached hydrogens (tertiary/aromatic N) is 2. The van der Waals surface area contributed by atoms with Gasteiger partial charge in [-0.3, -0.25) is 9.98 Å². The topological polar surface area (TPSA) is 24.7 Å². The minimum atomic E-state index is 1.05. The van der Waals surface area contributed by atoms with E-state index in [1.807, 2.05) is 18.6 Å². The minimum Gasteiger partial charge on any atom is -0.263 e. The maximum absolute atomic E-state index is 4.50. The molecule has 0 bridgehead atoms. The summed E-state index contributed by atoms with van der Waals surface area (Å²) in [6.07, 6.45) is 5.64. The van der Waals surface area contributed by atoms with Crippen molar-refractivity contribution in [2.75, 3.05) is 0 Å². The highest BCUT2D eigenvalue weighted by molar-refractivity contribution is 6.22. The van der Waals surface area contributed by atoms with Crippen LogP contribution in [0.3, 0.4) is 0 Å². The van der Waals surface area contributed by atoms with Crippen molar-refractivity contribution >= 4 is 11.9 Å². The van der Waals surface area contributed by atoms with Gasteiger partial charge in [0.2, 0.25) is 0 Å². The molecule has 1 aromatic carbocycles. The van der Waals surface area contributed by atoms with Gasteiger partial charge in [0.05, 0.1) is 5.71 Å². The largest absolute Gasteiger partial charge is 0.263 e. The third-order valence-electron chi connectivity index (χ3n) is 3.52. The number of rotatable bonds is 1. The standard InChI is InChI=1S/C15H14N2/c1-9-4-12(5-10(2)11(9)3)15-14-8-16-6-13(14)7-17-15/h4-8H,1-3H3. The molecule has 0 amide bonds. The van der Waals surface area contributed by atoms with Gasteiger partial charge >= 0.3 is 0 Å². The molecule has 0 aliphatic carbocycles. The van der Waals surface area contributed by atoms with Crippen molar-refractivity contribution in [3.8, 4) is 0 Å².